The molecule has 2 heteroatoms. The SMILES string of the molecule is Cc1ccc([C@H](C)NC2=NCCCC2)cc1. The molecule has 0 spiro atoms. The lowest BCUT2D eigenvalue weighted by Gasteiger charge is -2.20. The van der Waals surface area contributed by atoms with Crippen LogP contribution in [0.1, 0.15) is 43.4 Å². The van der Waals surface area contributed by atoms with E-state index in [2.05, 4.69) is 48.4 Å². The van der Waals surface area contributed by atoms with E-state index in [9.17, 15) is 0 Å². The van der Waals surface area contributed by atoms with Crippen LogP contribution in [0.5, 0.6) is 0 Å². The average Bonchev–Trinajstić information content (AvgIpc) is 2.31. The molecule has 86 valence electrons. The van der Waals surface area contributed by atoms with Gasteiger partial charge in [0.2, 0.25) is 0 Å². The molecule has 1 N–H and O–H groups in total. The second-order valence-electron chi connectivity index (χ2n) is 4.56. The van der Waals surface area contributed by atoms with E-state index in [0.29, 0.717) is 6.04 Å². The van der Waals surface area contributed by atoms with E-state index in [4.69, 9.17) is 0 Å². The van der Waals surface area contributed by atoms with E-state index in [1.807, 2.05) is 0 Å². The van der Waals surface area contributed by atoms with Crippen molar-refractivity contribution in [1.29, 1.82) is 0 Å². The van der Waals surface area contributed by atoms with Crippen molar-refractivity contribution < 1.29 is 0 Å². The lowest BCUT2D eigenvalue weighted by Crippen LogP contribution is -2.28. The van der Waals surface area contributed by atoms with E-state index in [-0.39, 0.29) is 0 Å². The summed E-state index contributed by atoms with van der Waals surface area (Å²) in [6.07, 6.45) is 3.62. The highest BCUT2D eigenvalue weighted by Crippen LogP contribution is 2.14. The predicted octanol–water partition coefficient (Wildman–Crippen LogP) is 3.23. The summed E-state index contributed by atoms with van der Waals surface area (Å²) in [5.41, 5.74) is 2.64. The molecule has 16 heavy (non-hydrogen) atoms. The van der Waals surface area contributed by atoms with Crippen molar-refractivity contribution in [2.75, 3.05) is 6.54 Å². The van der Waals surface area contributed by atoms with Crippen molar-refractivity contribution in [3.63, 3.8) is 0 Å². The molecule has 1 heterocycles. The first-order chi connectivity index (χ1) is 7.75. The zero-order valence-corrected chi connectivity index (χ0v) is 10.2. The molecule has 0 saturated carbocycles. The molecule has 1 aromatic rings. The Kier molecular flexibility index (Phi) is 3.60. The molecule has 0 unspecified atom stereocenters. The normalized spacial score (nSPS) is 17.8. The van der Waals surface area contributed by atoms with Gasteiger partial charge < -0.3 is 5.32 Å². The maximum Gasteiger partial charge on any atom is 0.0967 e. The Morgan fingerprint density at radius 1 is 1.19 bits per heavy atom. The monoisotopic (exact) mass is 216 g/mol. The summed E-state index contributed by atoms with van der Waals surface area (Å²) >= 11 is 0. The molecule has 1 aliphatic heterocycles. The van der Waals surface area contributed by atoms with Crippen molar-refractivity contribution in [1.82, 2.24) is 5.32 Å². The second kappa shape index (κ2) is 5.15. The zero-order chi connectivity index (χ0) is 11.4. The molecule has 2 rings (SSSR count). The molecule has 0 radical (unpaired) electrons. The molecule has 2 nitrogen and oxygen atoms in total. The van der Waals surface area contributed by atoms with Gasteiger partial charge in [-0.15, -0.1) is 0 Å². The summed E-state index contributed by atoms with van der Waals surface area (Å²) in [6, 6.07) is 9.07. The first-order valence-corrected chi connectivity index (χ1v) is 6.12. The minimum atomic E-state index is 0.359. The fourth-order valence-corrected chi connectivity index (χ4v) is 2.00. The van der Waals surface area contributed by atoms with Crippen LogP contribution in [-0.4, -0.2) is 12.4 Å². The zero-order valence-electron chi connectivity index (χ0n) is 10.2. The number of hydrogen-bond donors (Lipinski definition) is 1. The standard InChI is InChI=1S/C14H20N2/c1-11-6-8-13(9-7-11)12(2)16-14-5-3-4-10-15-14/h6-9,12H,3-5,10H2,1-2H3,(H,15,16)/t12-/m0/s1. The van der Waals surface area contributed by atoms with Gasteiger partial charge in [0.15, 0.2) is 0 Å². The topological polar surface area (TPSA) is 24.4 Å². The third-order valence-corrected chi connectivity index (χ3v) is 3.08. The van der Waals surface area contributed by atoms with E-state index < -0.39 is 0 Å². The van der Waals surface area contributed by atoms with Gasteiger partial charge in [-0.05, 0) is 32.3 Å². The van der Waals surface area contributed by atoms with E-state index in [1.54, 1.807) is 0 Å². The minimum absolute atomic E-state index is 0.359. The Hall–Kier alpha value is -1.31. The molecular weight excluding hydrogens is 196 g/mol. The number of rotatable bonds is 2. The van der Waals surface area contributed by atoms with Gasteiger partial charge in [0.25, 0.3) is 0 Å². The van der Waals surface area contributed by atoms with Crippen molar-refractivity contribution in [3.05, 3.63) is 35.4 Å². The lowest BCUT2D eigenvalue weighted by molar-refractivity contribution is 0.656. The first-order valence-electron chi connectivity index (χ1n) is 6.12. The third-order valence-electron chi connectivity index (χ3n) is 3.08. The summed E-state index contributed by atoms with van der Waals surface area (Å²) in [5, 5.41) is 3.50. The lowest BCUT2D eigenvalue weighted by atomic mass is 10.1. The van der Waals surface area contributed by atoms with E-state index in [1.165, 1.54) is 29.8 Å². The largest absolute Gasteiger partial charge is 0.367 e. The highest BCUT2D eigenvalue weighted by atomic mass is 15.0. The highest BCUT2D eigenvalue weighted by molar-refractivity contribution is 5.83. The van der Waals surface area contributed by atoms with Crippen LogP contribution in [0.2, 0.25) is 0 Å². The van der Waals surface area contributed by atoms with Crippen molar-refractivity contribution in [2.45, 2.75) is 39.2 Å². The number of aliphatic imine (C=N–C) groups is 1. The Morgan fingerprint density at radius 2 is 1.94 bits per heavy atom. The van der Waals surface area contributed by atoms with Gasteiger partial charge in [0.1, 0.15) is 0 Å². The van der Waals surface area contributed by atoms with Crippen LogP contribution in [0.25, 0.3) is 0 Å². The van der Waals surface area contributed by atoms with Crippen LogP contribution in [0.3, 0.4) is 0 Å². The molecule has 0 fully saturated rings. The molecule has 0 saturated heterocycles. The molecule has 0 aliphatic carbocycles. The van der Waals surface area contributed by atoms with Crippen molar-refractivity contribution in [3.8, 4) is 0 Å². The van der Waals surface area contributed by atoms with Crippen LogP contribution in [0.4, 0.5) is 0 Å². The highest BCUT2D eigenvalue weighted by Gasteiger charge is 2.09. The minimum Gasteiger partial charge on any atom is -0.367 e. The molecule has 0 amide bonds. The first kappa shape index (κ1) is 11.2. The van der Waals surface area contributed by atoms with Crippen LogP contribution in [-0.2, 0) is 0 Å². The Morgan fingerprint density at radius 3 is 2.56 bits per heavy atom. The van der Waals surface area contributed by atoms with Gasteiger partial charge in [0.05, 0.1) is 5.84 Å². The average molecular weight is 216 g/mol. The maximum atomic E-state index is 4.52. The summed E-state index contributed by atoms with van der Waals surface area (Å²) < 4.78 is 0. The van der Waals surface area contributed by atoms with Gasteiger partial charge in [0, 0.05) is 19.0 Å². The van der Waals surface area contributed by atoms with Crippen LogP contribution in [0.15, 0.2) is 29.3 Å². The quantitative estimate of drug-likeness (QED) is 0.806. The van der Waals surface area contributed by atoms with Crippen LogP contribution in [0, 0.1) is 6.92 Å². The predicted molar refractivity (Wildman–Crippen MR) is 68.9 cm³/mol. The molecule has 1 aromatic carbocycles. The Balaban J connectivity index is 1.99. The number of hydrogen-bond acceptors (Lipinski definition) is 2. The smallest absolute Gasteiger partial charge is 0.0967 e. The number of aryl methyl sites for hydroxylation is 1. The number of benzene rings is 1. The number of amidine groups is 1. The second-order valence-corrected chi connectivity index (χ2v) is 4.56. The van der Waals surface area contributed by atoms with E-state index in [0.717, 1.165) is 13.0 Å². The Bertz CT molecular complexity index is 365. The molecular formula is C14H20N2. The molecule has 1 atom stereocenters. The van der Waals surface area contributed by atoms with E-state index >= 15 is 0 Å². The summed E-state index contributed by atoms with van der Waals surface area (Å²) in [4.78, 5) is 4.52. The van der Waals surface area contributed by atoms with Crippen LogP contribution < -0.4 is 5.32 Å². The maximum absolute atomic E-state index is 4.52. The number of nitrogens with zero attached hydrogens (tertiary/aromatic N) is 1. The Labute approximate surface area is 97.8 Å². The van der Waals surface area contributed by atoms with Gasteiger partial charge in [-0.2, -0.15) is 0 Å². The molecule has 1 aliphatic rings. The summed E-state index contributed by atoms with van der Waals surface area (Å²) in [5.74, 6) is 1.18. The van der Waals surface area contributed by atoms with Gasteiger partial charge in [-0.25, -0.2) is 0 Å². The van der Waals surface area contributed by atoms with Gasteiger partial charge >= 0.3 is 0 Å². The summed E-state index contributed by atoms with van der Waals surface area (Å²) in [7, 11) is 0. The van der Waals surface area contributed by atoms with Crippen molar-refractivity contribution >= 4 is 5.84 Å². The van der Waals surface area contributed by atoms with Crippen molar-refractivity contribution in [2.24, 2.45) is 4.99 Å². The number of nitrogens with one attached hydrogen (secondary N) is 1. The molecule has 0 aromatic heterocycles. The molecule has 0 bridgehead atoms. The fourth-order valence-electron chi connectivity index (χ4n) is 2.00. The van der Waals surface area contributed by atoms with Gasteiger partial charge in [-0.3, -0.25) is 4.99 Å². The van der Waals surface area contributed by atoms with Gasteiger partial charge in [-0.1, -0.05) is 29.8 Å². The van der Waals surface area contributed by atoms with Crippen LogP contribution >= 0.6 is 0 Å². The fraction of sp³-hybridized carbons (Fsp3) is 0.500. The summed E-state index contributed by atoms with van der Waals surface area (Å²) in [6.45, 7) is 5.30. The third kappa shape index (κ3) is 2.84.